The van der Waals surface area contributed by atoms with Gasteiger partial charge in [-0.2, -0.15) is 5.10 Å². The Morgan fingerprint density at radius 3 is 2.43 bits per heavy atom. The first kappa shape index (κ1) is 19.9. The van der Waals surface area contributed by atoms with Crippen molar-refractivity contribution in [1.29, 1.82) is 0 Å². The number of esters is 1. The van der Waals surface area contributed by atoms with Crippen LogP contribution in [-0.4, -0.2) is 32.7 Å². The normalized spacial score (nSPS) is 10.9. The zero-order valence-corrected chi connectivity index (χ0v) is 17.1. The van der Waals surface area contributed by atoms with Crippen LogP contribution < -0.4 is 0 Å². The predicted octanol–water partition coefficient (Wildman–Crippen LogP) is 3.89. The molecule has 0 bridgehead atoms. The van der Waals surface area contributed by atoms with Crippen molar-refractivity contribution < 1.29 is 14.3 Å². The first-order valence-corrected chi connectivity index (χ1v) is 9.27. The number of nitrogens with zero attached hydrogens (tertiary/aromatic N) is 3. The molecule has 0 N–H and O–H groups in total. The summed E-state index contributed by atoms with van der Waals surface area (Å²) in [5.74, 6) is -0.902. The Hall–Kier alpha value is -2.86. The van der Waals surface area contributed by atoms with Crippen LogP contribution in [0.3, 0.4) is 0 Å². The highest BCUT2D eigenvalue weighted by Crippen LogP contribution is 2.22. The molecule has 0 aliphatic carbocycles. The van der Waals surface area contributed by atoms with E-state index in [-0.39, 0.29) is 23.1 Å². The number of benzene rings is 1. The van der Waals surface area contributed by atoms with Crippen molar-refractivity contribution in [3.8, 4) is 0 Å². The van der Waals surface area contributed by atoms with Crippen LogP contribution in [0.4, 0.5) is 0 Å². The minimum Gasteiger partial charge on any atom is -0.454 e. The minimum atomic E-state index is -0.652. The van der Waals surface area contributed by atoms with Crippen LogP contribution in [0.2, 0.25) is 5.15 Å². The van der Waals surface area contributed by atoms with Gasteiger partial charge in [0.1, 0.15) is 10.7 Å². The Morgan fingerprint density at radius 1 is 1.14 bits per heavy atom. The molecule has 0 atom stereocenters. The second-order valence-corrected chi connectivity index (χ2v) is 7.10. The number of aryl methyl sites for hydroxylation is 2. The summed E-state index contributed by atoms with van der Waals surface area (Å²) in [5.41, 5.74) is 4.01. The third-order valence-corrected chi connectivity index (χ3v) is 5.24. The molecule has 6 nitrogen and oxygen atoms in total. The van der Waals surface area contributed by atoms with Crippen molar-refractivity contribution >= 4 is 23.4 Å². The van der Waals surface area contributed by atoms with E-state index < -0.39 is 5.97 Å². The molecule has 2 heterocycles. The van der Waals surface area contributed by atoms with Gasteiger partial charge in [0.15, 0.2) is 6.61 Å². The lowest BCUT2D eigenvalue weighted by Gasteiger charge is -2.06. The zero-order valence-electron chi connectivity index (χ0n) is 16.3. The first-order chi connectivity index (χ1) is 13.3. The van der Waals surface area contributed by atoms with E-state index in [1.807, 2.05) is 55.8 Å². The number of hydrogen-bond acceptors (Lipinski definition) is 4. The fraction of sp³-hybridized carbons (Fsp3) is 0.286. The maximum atomic E-state index is 12.5. The number of carbonyl (C=O) groups excluding carboxylic acids is 2. The Balaban J connectivity index is 1.72. The predicted molar refractivity (Wildman–Crippen MR) is 107 cm³/mol. The molecule has 0 aliphatic heterocycles. The number of rotatable bonds is 6. The topological polar surface area (TPSA) is 66.1 Å². The fourth-order valence-corrected chi connectivity index (χ4v) is 3.38. The van der Waals surface area contributed by atoms with E-state index in [1.54, 1.807) is 17.7 Å². The monoisotopic (exact) mass is 399 g/mol. The summed E-state index contributed by atoms with van der Waals surface area (Å²) < 4.78 is 8.71. The highest BCUT2D eigenvalue weighted by atomic mass is 35.5. The van der Waals surface area contributed by atoms with Crippen LogP contribution in [0.15, 0.2) is 36.4 Å². The average molecular weight is 400 g/mol. The largest absolute Gasteiger partial charge is 0.454 e. The van der Waals surface area contributed by atoms with Crippen molar-refractivity contribution in [2.75, 3.05) is 6.61 Å². The molecule has 0 aliphatic rings. The van der Waals surface area contributed by atoms with Crippen molar-refractivity contribution in [2.45, 2.75) is 27.3 Å². The smallest absolute Gasteiger partial charge is 0.343 e. The molecule has 3 aromatic rings. The zero-order chi connectivity index (χ0) is 20.4. The van der Waals surface area contributed by atoms with Gasteiger partial charge in [-0.15, -0.1) is 0 Å². The van der Waals surface area contributed by atoms with Crippen LogP contribution in [-0.2, 0) is 18.3 Å². The molecule has 7 heteroatoms. The van der Waals surface area contributed by atoms with Gasteiger partial charge in [-0.1, -0.05) is 41.9 Å². The second-order valence-electron chi connectivity index (χ2n) is 6.74. The van der Waals surface area contributed by atoms with Gasteiger partial charge in [-0.05, 0) is 32.4 Å². The van der Waals surface area contributed by atoms with Crippen LogP contribution in [0.25, 0.3) is 0 Å². The highest BCUT2D eigenvalue weighted by Gasteiger charge is 2.23. The number of carbonyl (C=O) groups is 2. The summed E-state index contributed by atoms with van der Waals surface area (Å²) in [6.45, 7) is 5.56. The van der Waals surface area contributed by atoms with Crippen molar-refractivity contribution in [3.05, 3.63) is 75.3 Å². The van der Waals surface area contributed by atoms with E-state index >= 15 is 0 Å². The van der Waals surface area contributed by atoms with Crippen molar-refractivity contribution in [1.82, 2.24) is 14.3 Å². The molecule has 0 saturated heterocycles. The Labute approximate surface area is 168 Å². The summed E-state index contributed by atoms with van der Waals surface area (Å²) in [6.07, 6.45) is 0. The number of ether oxygens (including phenoxy) is 1. The first-order valence-electron chi connectivity index (χ1n) is 8.89. The number of halogens is 1. The van der Waals surface area contributed by atoms with Gasteiger partial charge in [0, 0.05) is 24.0 Å². The minimum absolute atomic E-state index is 0.186. The van der Waals surface area contributed by atoms with Gasteiger partial charge < -0.3 is 9.30 Å². The molecule has 0 fully saturated rings. The molecule has 0 unspecified atom stereocenters. The van der Waals surface area contributed by atoms with Crippen LogP contribution in [0.1, 0.15) is 43.4 Å². The standard InChI is InChI=1S/C21H22ClN3O3/c1-13-10-17(15(3)24(13)4)18(26)12-28-21(27)19-14(2)23-25(20(19)22)11-16-8-6-5-7-9-16/h5-10H,11-12H2,1-4H3. The molecular formula is C21H22ClN3O3. The Kier molecular flexibility index (Phi) is 5.70. The van der Waals surface area contributed by atoms with Gasteiger partial charge in [0.05, 0.1) is 12.2 Å². The molecule has 0 saturated carbocycles. The van der Waals surface area contributed by atoms with E-state index in [9.17, 15) is 9.59 Å². The number of Topliss-reactive ketones (excluding diaryl/α,β-unsaturated/α-hetero) is 1. The molecule has 2 aromatic heterocycles. The summed E-state index contributed by atoms with van der Waals surface area (Å²) in [6, 6.07) is 11.5. The molecule has 3 rings (SSSR count). The SMILES string of the molecule is Cc1nn(Cc2ccccc2)c(Cl)c1C(=O)OCC(=O)c1cc(C)n(C)c1C. The second kappa shape index (κ2) is 8.02. The highest BCUT2D eigenvalue weighted by molar-refractivity contribution is 6.32. The van der Waals surface area contributed by atoms with Gasteiger partial charge in [-0.3, -0.25) is 4.79 Å². The van der Waals surface area contributed by atoms with Gasteiger partial charge in [0.25, 0.3) is 0 Å². The maximum Gasteiger partial charge on any atom is 0.343 e. The Morgan fingerprint density at radius 2 is 1.82 bits per heavy atom. The molecule has 0 spiro atoms. The van der Waals surface area contributed by atoms with E-state index in [2.05, 4.69) is 5.10 Å². The number of hydrogen-bond donors (Lipinski definition) is 0. The lowest BCUT2D eigenvalue weighted by molar-refractivity contribution is 0.0474. The van der Waals surface area contributed by atoms with Crippen LogP contribution >= 0.6 is 11.6 Å². The third kappa shape index (κ3) is 3.87. The summed E-state index contributed by atoms with van der Waals surface area (Å²) >= 11 is 6.37. The maximum absolute atomic E-state index is 12.5. The lowest BCUT2D eigenvalue weighted by Crippen LogP contribution is -2.15. The van der Waals surface area contributed by atoms with Crippen molar-refractivity contribution in [3.63, 3.8) is 0 Å². The van der Waals surface area contributed by atoms with Gasteiger partial charge >= 0.3 is 5.97 Å². The van der Waals surface area contributed by atoms with E-state index in [4.69, 9.17) is 16.3 Å². The average Bonchev–Trinajstić information content (AvgIpc) is 3.10. The summed E-state index contributed by atoms with van der Waals surface area (Å²) in [5, 5.41) is 4.54. The molecule has 0 radical (unpaired) electrons. The fourth-order valence-electron chi connectivity index (χ4n) is 3.06. The number of aromatic nitrogens is 3. The molecule has 146 valence electrons. The van der Waals surface area contributed by atoms with Crippen LogP contribution in [0, 0.1) is 20.8 Å². The number of ketones is 1. The van der Waals surface area contributed by atoms with Crippen LogP contribution in [0.5, 0.6) is 0 Å². The molecule has 0 amide bonds. The lowest BCUT2D eigenvalue weighted by atomic mass is 10.1. The summed E-state index contributed by atoms with van der Waals surface area (Å²) in [4.78, 5) is 25.0. The van der Waals surface area contributed by atoms with E-state index in [1.165, 1.54) is 0 Å². The Bertz CT molecular complexity index is 1040. The quantitative estimate of drug-likeness (QED) is 0.466. The van der Waals surface area contributed by atoms with E-state index in [0.717, 1.165) is 17.0 Å². The van der Waals surface area contributed by atoms with Gasteiger partial charge in [0.2, 0.25) is 5.78 Å². The molecule has 1 aromatic carbocycles. The summed E-state index contributed by atoms with van der Waals surface area (Å²) in [7, 11) is 1.89. The van der Waals surface area contributed by atoms with E-state index in [0.29, 0.717) is 17.8 Å². The van der Waals surface area contributed by atoms with Gasteiger partial charge in [-0.25, -0.2) is 9.48 Å². The molecular weight excluding hydrogens is 378 g/mol. The third-order valence-electron chi connectivity index (χ3n) is 4.85. The molecule has 28 heavy (non-hydrogen) atoms. The van der Waals surface area contributed by atoms with Crippen molar-refractivity contribution in [2.24, 2.45) is 7.05 Å².